The minimum Gasteiger partial charge on any atom is -0.443 e. The van der Waals surface area contributed by atoms with Crippen LogP contribution in [0.2, 0.25) is 0 Å². The van der Waals surface area contributed by atoms with E-state index in [-0.39, 0.29) is 5.92 Å². The molecule has 0 amide bonds. The number of aromatic amines is 1. The molecule has 1 atom stereocenters. The van der Waals surface area contributed by atoms with Crippen LogP contribution in [0.3, 0.4) is 0 Å². The van der Waals surface area contributed by atoms with Gasteiger partial charge in [-0.2, -0.15) is 5.26 Å². The summed E-state index contributed by atoms with van der Waals surface area (Å²) in [5, 5.41) is 9.26. The van der Waals surface area contributed by atoms with Crippen molar-refractivity contribution in [1.29, 1.82) is 5.26 Å². The highest BCUT2D eigenvalue weighted by atomic mass is 16.3. The van der Waals surface area contributed by atoms with Crippen molar-refractivity contribution >= 4 is 11.1 Å². The lowest BCUT2D eigenvalue weighted by atomic mass is 9.94. The van der Waals surface area contributed by atoms with E-state index in [0.717, 1.165) is 16.6 Å². The lowest BCUT2D eigenvalue weighted by molar-refractivity contribution is 0.601. The zero-order valence-electron chi connectivity index (χ0n) is 8.92. The Bertz CT molecular complexity index is 676. The Balaban J connectivity index is 2.10. The standard InChI is InChI=1S/C13H9N3O/c14-6-11(10-3-4-15-7-10)9-1-2-12-13(5-9)17-8-16-12/h1-5,7-8,11,15H. The fraction of sp³-hybridized carbons (Fsp3) is 0.0769. The molecule has 4 nitrogen and oxygen atoms in total. The summed E-state index contributed by atoms with van der Waals surface area (Å²) >= 11 is 0. The van der Waals surface area contributed by atoms with Crippen molar-refractivity contribution in [3.8, 4) is 6.07 Å². The Morgan fingerprint density at radius 3 is 3.00 bits per heavy atom. The molecular formula is C13H9N3O. The van der Waals surface area contributed by atoms with Gasteiger partial charge in [0.05, 0.1) is 12.0 Å². The van der Waals surface area contributed by atoms with Crippen molar-refractivity contribution in [1.82, 2.24) is 9.97 Å². The molecule has 2 heterocycles. The lowest BCUT2D eigenvalue weighted by Crippen LogP contribution is -1.96. The van der Waals surface area contributed by atoms with E-state index in [1.807, 2.05) is 36.7 Å². The third-order valence-corrected chi connectivity index (χ3v) is 2.77. The fourth-order valence-corrected chi connectivity index (χ4v) is 1.91. The summed E-state index contributed by atoms with van der Waals surface area (Å²) in [5.41, 5.74) is 3.38. The van der Waals surface area contributed by atoms with E-state index in [2.05, 4.69) is 16.0 Å². The van der Waals surface area contributed by atoms with E-state index in [9.17, 15) is 5.26 Å². The summed E-state index contributed by atoms with van der Waals surface area (Å²) in [5.74, 6) is -0.282. The second kappa shape index (κ2) is 3.80. The summed E-state index contributed by atoms with van der Waals surface area (Å²) in [7, 11) is 0. The van der Waals surface area contributed by atoms with Gasteiger partial charge in [-0.25, -0.2) is 4.98 Å². The summed E-state index contributed by atoms with van der Waals surface area (Å²) in [6, 6.07) is 9.84. The number of nitriles is 1. The van der Waals surface area contributed by atoms with Crippen LogP contribution in [0.5, 0.6) is 0 Å². The quantitative estimate of drug-likeness (QED) is 0.726. The zero-order chi connectivity index (χ0) is 11.7. The van der Waals surface area contributed by atoms with Gasteiger partial charge in [-0.1, -0.05) is 6.07 Å². The smallest absolute Gasteiger partial charge is 0.181 e. The maximum atomic E-state index is 9.26. The molecule has 0 spiro atoms. The first kappa shape index (κ1) is 9.67. The highest BCUT2D eigenvalue weighted by Gasteiger charge is 2.14. The molecule has 0 saturated heterocycles. The SMILES string of the molecule is N#CC(c1cc[nH]c1)c1ccc2ncoc2c1. The van der Waals surface area contributed by atoms with Crippen molar-refractivity contribution in [2.75, 3.05) is 0 Å². The van der Waals surface area contributed by atoms with Gasteiger partial charge in [-0.05, 0) is 29.3 Å². The Hall–Kier alpha value is -2.54. The summed E-state index contributed by atoms with van der Waals surface area (Å²) < 4.78 is 5.24. The molecule has 17 heavy (non-hydrogen) atoms. The highest BCUT2D eigenvalue weighted by Crippen LogP contribution is 2.26. The van der Waals surface area contributed by atoms with E-state index in [4.69, 9.17) is 4.42 Å². The van der Waals surface area contributed by atoms with Crippen LogP contribution in [-0.4, -0.2) is 9.97 Å². The number of H-pyrrole nitrogens is 1. The summed E-state index contributed by atoms with van der Waals surface area (Å²) in [4.78, 5) is 7.01. The largest absolute Gasteiger partial charge is 0.443 e. The van der Waals surface area contributed by atoms with E-state index >= 15 is 0 Å². The zero-order valence-corrected chi connectivity index (χ0v) is 8.92. The van der Waals surface area contributed by atoms with E-state index in [1.54, 1.807) is 0 Å². The molecule has 3 aromatic rings. The number of fused-ring (bicyclic) bond motifs is 1. The molecule has 4 heteroatoms. The molecule has 0 radical (unpaired) electrons. The Labute approximate surface area is 97.5 Å². The average molecular weight is 223 g/mol. The Kier molecular flexibility index (Phi) is 2.16. The van der Waals surface area contributed by atoms with Crippen LogP contribution < -0.4 is 0 Å². The van der Waals surface area contributed by atoms with Crippen molar-refractivity contribution in [2.45, 2.75) is 5.92 Å². The van der Waals surface area contributed by atoms with Crippen molar-refractivity contribution in [3.63, 3.8) is 0 Å². The van der Waals surface area contributed by atoms with E-state index < -0.39 is 0 Å². The number of aromatic nitrogens is 2. The minimum atomic E-state index is -0.282. The predicted molar refractivity (Wildman–Crippen MR) is 62.3 cm³/mol. The van der Waals surface area contributed by atoms with Gasteiger partial charge in [0.15, 0.2) is 12.0 Å². The molecule has 1 N–H and O–H groups in total. The van der Waals surface area contributed by atoms with Crippen LogP contribution >= 0.6 is 0 Å². The number of benzene rings is 1. The van der Waals surface area contributed by atoms with Crippen LogP contribution in [0.4, 0.5) is 0 Å². The number of hydrogen-bond donors (Lipinski definition) is 1. The number of nitrogens with one attached hydrogen (secondary N) is 1. The molecule has 1 unspecified atom stereocenters. The van der Waals surface area contributed by atoms with Gasteiger partial charge < -0.3 is 9.40 Å². The first-order chi connectivity index (χ1) is 8.38. The van der Waals surface area contributed by atoms with E-state index in [1.165, 1.54) is 6.39 Å². The molecule has 82 valence electrons. The number of hydrogen-bond acceptors (Lipinski definition) is 3. The highest BCUT2D eigenvalue weighted by molar-refractivity contribution is 5.73. The monoisotopic (exact) mass is 223 g/mol. The molecule has 0 bridgehead atoms. The Morgan fingerprint density at radius 1 is 1.29 bits per heavy atom. The minimum absolute atomic E-state index is 0.282. The maximum Gasteiger partial charge on any atom is 0.181 e. The molecule has 2 aromatic heterocycles. The molecule has 0 saturated carbocycles. The second-order valence-corrected chi connectivity index (χ2v) is 3.79. The van der Waals surface area contributed by atoms with Crippen LogP contribution in [0, 0.1) is 11.3 Å². The van der Waals surface area contributed by atoms with Gasteiger partial charge in [0.25, 0.3) is 0 Å². The first-order valence-corrected chi connectivity index (χ1v) is 5.24. The van der Waals surface area contributed by atoms with Gasteiger partial charge in [-0.3, -0.25) is 0 Å². The Morgan fingerprint density at radius 2 is 2.24 bits per heavy atom. The van der Waals surface area contributed by atoms with Crippen molar-refractivity contribution in [2.24, 2.45) is 0 Å². The lowest BCUT2D eigenvalue weighted by Gasteiger charge is -2.06. The van der Waals surface area contributed by atoms with Gasteiger partial charge in [-0.15, -0.1) is 0 Å². The normalized spacial score (nSPS) is 12.4. The molecule has 0 aliphatic heterocycles. The molecule has 0 aliphatic rings. The molecular weight excluding hydrogens is 214 g/mol. The van der Waals surface area contributed by atoms with Crippen molar-refractivity contribution in [3.05, 3.63) is 54.2 Å². The van der Waals surface area contributed by atoms with Gasteiger partial charge in [0, 0.05) is 12.4 Å². The number of rotatable bonds is 2. The molecule has 0 aliphatic carbocycles. The van der Waals surface area contributed by atoms with Crippen LogP contribution in [0.25, 0.3) is 11.1 Å². The van der Waals surface area contributed by atoms with Crippen LogP contribution in [-0.2, 0) is 0 Å². The van der Waals surface area contributed by atoms with Gasteiger partial charge in [0.2, 0.25) is 0 Å². The van der Waals surface area contributed by atoms with Gasteiger partial charge in [0.1, 0.15) is 5.52 Å². The summed E-state index contributed by atoms with van der Waals surface area (Å²) in [6.07, 6.45) is 5.05. The predicted octanol–water partition coefficient (Wildman–Crippen LogP) is 2.81. The summed E-state index contributed by atoms with van der Waals surface area (Å²) in [6.45, 7) is 0. The molecule has 0 fully saturated rings. The van der Waals surface area contributed by atoms with Gasteiger partial charge >= 0.3 is 0 Å². The average Bonchev–Trinajstić information content (AvgIpc) is 2.99. The second-order valence-electron chi connectivity index (χ2n) is 3.79. The topological polar surface area (TPSA) is 65.6 Å². The van der Waals surface area contributed by atoms with Crippen LogP contribution in [0.1, 0.15) is 17.0 Å². The van der Waals surface area contributed by atoms with E-state index in [0.29, 0.717) is 5.58 Å². The maximum absolute atomic E-state index is 9.26. The van der Waals surface area contributed by atoms with Crippen molar-refractivity contribution < 1.29 is 4.42 Å². The molecule has 1 aromatic carbocycles. The third kappa shape index (κ3) is 1.58. The third-order valence-electron chi connectivity index (χ3n) is 2.77. The number of nitrogens with zero attached hydrogens (tertiary/aromatic N) is 2. The number of oxazole rings is 1. The fourth-order valence-electron chi connectivity index (χ4n) is 1.91. The van der Waals surface area contributed by atoms with Crippen LogP contribution in [0.15, 0.2) is 47.5 Å². The molecule has 3 rings (SSSR count). The first-order valence-electron chi connectivity index (χ1n) is 5.24.